The highest BCUT2D eigenvalue weighted by Gasteiger charge is 2.29. The highest BCUT2D eigenvalue weighted by molar-refractivity contribution is 5.87. The number of benzene rings is 1. The highest BCUT2D eigenvalue weighted by atomic mass is 16.5. The fourth-order valence-electron chi connectivity index (χ4n) is 4.15. The lowest BCUT2D eigenvalue weighted by molar-refractivity contribution is -0.134. The average molecular weight is 456 g/mol. The van der Waals surface area contributed by atoms with Gasteiger partial charge in [0.25, 0.3) is 0 Å². The molecule has 0 spiro atoms. The Morgan fingerprint density at radius 3 is 2.58 bits per heavy atom. The maximum atomic E-state index is 12.5. The minimum atomic E-state index is -0.300. The molecule has 8 nitrogen and oxygen atoms in total. The van der Waals surface area contributed by atoms with Gasteiger partial charge in [-0.15, -0.1) is 0 Å². The van der Waals surface area contributed by atoms with Crippen molar-refractivity contribution < 1.29 is 14.1 Å². The van der Waals surface area contributed by atoms with Gasteiger partial charge in [0.15, 0.2) is 0 Å². The van der Waals surface area contributed by atoms with E-state index in [0.717, 1.165) is 29.7 Å². The summed E-state index contributed by atoms with van der Waals surface area (Å²) in [5.41, 5.74) is 2.12. The number of ether oxygens (including phenoxy) is 1. The number of methoxy groups -OCH3 is 1. The Kier molecular flexibility index (Phi) is 7.57. The molecule has 3 rings (SSSR count). The standard InChI is InChI=1S/C25H37N5O3/c1-24(2,3)14-21(31)30-11-9-17(10-12-30)23-27-22(29-33-23)18-7-8-19(15-26)20(13-18)28-25(4,5)16-32-6/h7-8,13,15,17,26,28H,9-12,14,16H2,1-6H3. The second-order valence-corrected chi connectivity index (χ2v) is 10.7. The minimum absolute atomic E-state index is 0.00488. The predicted molar refractivity (Wildman–Crippen MR) is 130 cm³/mol. The first-order valence-electron chi connectivity index (χ1n) is 11.5. The molecule has 2 heterocycles. The van der Waals surface area contributed by atoms with E-state index in [0.29, 0.717) is 37.8 Å². The third-order valence-corrected chi connectivity index (χ3v) is 5.77. The zero-order valence-corrected chi connectivity index (χ0v) is 20.7. The van der Waals surface area contributed by atoms with Gasteiger partial charge in [0, 0.05) is 55.6 Å². The molecule has 0 aliphatic carbocycles. The summed E-state index contributed by atoms with van der Waals surface area (Å²) in [6, 6.07) is 5.72. The lowest BCUT2D eigenvalue weighted by Gasteiger charge is -2.32. The first-order chi connectivity index (χ1) is 15.5. The lowest BCUT2D eigenvalue weighted by Crippen LogP contribution is -2.39. The largest absolute Gasteiger partial charge is 0.382 e. The van der Waals surface area contributed by atoms with Gasteiger partial charge in [0.1, 0.15) is 0 Å². The molecule has 1 saturated heterocycles. The van der Waals surface area contributed by atoms with E-state index in [1.807, 2.05) is 36.9 Å². The van der Waals surface area contributed by atoms with E-state index in [-0.39, 0.29) is 22.8 Å². The number of nitrogens with one attached hydrogen (secondary N) is 2. The van der Waals surface area contributed by atoms with Crippen LogP contribution >= 0.6 is 0 Å². The van der Waals surface area contributed by atoms with Gasteiger partial charge >= 0.3 is 0 Å². The number of likely N-dealkylation sites (tertiary alicyclic amines) is 1. The summed E-state index contributed by atoms with van der Waals surface area (Å²) in [6.45, 7) is 12.3. The van der Waals surface area contributed by atoms with Gasteiger partial charge in [-0.2, -0.15) is 4.98 Å². The van der Waals surface area contributed by atoms with E-state index in [4.69, 9.17) is 14.7 Å². The number of carbonyl (C=O) groups excluding carboxylic acids is 1. The van der Waals surface area contributed by atoms with Crippen LogP contribution in [0.15, 0.2) is 22.7 Å². The van der Waals surface area contributed by atoms with Gasteiger partial charge in [0.05, 0.1) is 12.1 Å². The Bertz CT molecular complexity index is 969. The third kappa shape index (κ3) is 6.63. The molecule has 1 aromatic carbocycles. The SMILES string of the molecule is COCC(C)(C)Nc1cc(-c2noc(C3CCN(C(=O)CC(C)(C)C)CC3)n2)ccc1C=N. The number of amides is 1. The van der Waals surface area contributed by atoms with Crippen molar-refractivity contribution in [1.82, 2.24) is 15.0 Å². The summed E-state index contributed by atoms with van der Waals surface area (Å²) in [5.74, 6) is 1.53. The molecule has 8 heteroatoms. The van der Waals surface area contributed by atoms with E-state index in [2.05, 4.69) is 36.2 Å². The fourth-order valence-corrected chi connectivity index (χ4v) is 4.15. The Morgan fingerprint density at radius 2 is 1.97 bits per heavy atom. The van der Waals surface area contributed by atoms with Crippen molar-refractivity contribution in [2.45, 2.75) is 65.3 Å². The molecule has 1 aliphatic rings. The summed E-state index contributed by atoms with van der Waals surface area (Å²) < 4.78 is 10.9. The van der Waals surface area contributed by atoms with Crippen molar-refractivity contribution in [2.75, 3.05) is 32.1 Å². The van der Waals surface area contributed by atoms with Crippen LogP contribution in [0.25, 0.3) is 11.4 Å². The monoisotopic (exact) mass is 455 g/mol. The lowest BCUT2D eigenvalue weighted by atomic mass is 9.90. The number of nitrogens with zero attached hydrogens (tertiary/aromatic N) is 3. The van der Waals surface area contributed by atoms with Crippen molar-refractivity contribution in [1.29, 1.82) is 5.41 Å². The molecule has 1 amide bonds. The molecule has 2 aromatic rings. The first kappa shape index (κ1) is 24.9. The van der Waals surface area contributed by atoms with Crippen molar-refractivity contribution in [3.63, 3.8) is 0 Å². The van der Waals surface area contributed by atoms with Crippen LogP contribution in [0.2, 0.25) is 0 Å². The van der Waals surface area contributed by atoms with Gasteiger partial charge in [-0.3, -0.25) is 4.79 Å². The number of carbonyl (C=O) groups is 1. The van der Waals surface area contributed by atoms with Crippen LogP contribution in [0.4, 0.5) is 5.69 Å². The maximum Gasteiger partial charge on any atom is 0.230 e. The topological polar surface area (TPSA) is 104 Å². The second kappa shape index (κ2) is 10.0. The molecular weight excluding hydrogens is 418 g/mol. The van der Waals surface area contributed by atoms with Gasteiger partial charge in [-0.1, -0.05) is 38.1 Å². The van der Waals surface area contributed by atoms with E-state index in [1.54, 1.807) is 7.11 Å². The van der Waals surface area contributed by atoms with Crippen molar-refractivity contribution in [3.8, 4) is 11.4 Å². The number of anilines is 1. The summed E-state index contributed by atoms with van der Waals surface area (Å²) in [5, 5.41) is 15.4. The second-order valence-electron chi connectivity index (χ2n) is 10.7. The average Bonchev–Trinajstić information content (AvgIpc) is 3.22. The van der Waals surface area contributed by atoms with Gasteiger partial charge in [-0.25, -0.2) is 0 Å². The van der Waals surface area contributed by atoms with Crippen LogP contribution in [0.3, 0.4) is 0 Å². The molecule has 1 aliphatic heterocycles. The molecule has 2 N–H and O–H groups in total. The number of hydrogen-bond acceptors (Lipinski definition) is 7. The molecule has 1 aromatic heterocycles. The van der Waals surface area contributed by atoms with Gasteiger partial charge < -0.3 is 24.9 Å². The minimum Gasteiger partial charge on any atom is -0.382 e. The van der Waals surface area contributed by atoms with E-state index < -0.39 is 0 Å². The first-order valence-corrected chi connectivity index (χ1v) is 11.5. The molecule has 1 fully saturated rings. The number of aromatic nitrogens is 2. The van der Waals surface area contributed by atoms with Gasteiger partial charge in [-0.05, 0) is 38.2 Å². The summed E-state index contributed by atoms with van der Waals surface area (Å²) >= 11 is 0. The molecule has 0 saturated carbocycles. The van der Waals surface area contributed by atoms with Crippen LogP contribution in [0.5, 0.6) is 0 Å². The van der Waals surface area contributed by atoms with Gasteiger partial charge in [0.2, 0.25) is 17.6 Å². The molecule has 0 radical (unpaired) electrons. The third-order valence-electron chi connectivity index (χ3n) is 5.77. The Hall–Kier alpha value is -2.74. The number of piperidine rings is 1. The van der Waals surface area contributed by atoms with Crippen LogP contribution in [0.1, 0.15) is 71.3 Å². The molecule has 0 atom stereocenters. The van der Waals surface area contributed by atoms with E-state index >= 15 is 0 Å². The smallest absolute Gasteiger partial charge is 0.230 e. The molecule has 180 valence electrons. The van der Waals surface area contributed by atoms with Crippen molar-refractivity contribution in [2.24, 2.45) is 5.41 Å². The summed E-state index contributed by atoms with van der Waals surface area (Å²) in [7, 11) is 1.67. The van der Waals surface area contributed by atoms with Crippen LogP contribution in [0, 0.1) is 10.8 Å². The number of rotatable bonds is 8. The zero-order valence-electron chi connectivity index (χ0n) is 20.7. The Balaban J connectivity index is 1.70. The summed E-state index contributed by atoms with van der Waals surface area (Å²) in [4.78, 5) is 19.1. The van der Waals surface area contributed by atoms with Crippen LogP contribution < -0.4 is 5.32 Å². The van der Waals surface area contributed by atoms with Crippen LogP contribution in [-0.2, 0) is 9.53 Å². The number of hydrogen-bond donors (Lipinski definition) is 2. The normalized spacial score (nSPS) is 15.5. The van der Waals surface area contributed by atoms with E-state index in [9.17, 15) is 4.79 Å². The Labute approximate surface area is 196 Å². The fraction of sp³-hybridized carbons (Fsp3) is 0.600. The zero-order chi connectivity index (χ0) is 24.2. The molecule has 0 bridgehead atoms. The van der Waals surface area contributed by atoms with E-state index in [1.165, 1.54) is 6.21 Å². The summed E-state index contributed by atoms with van der Waals surface area (Å²) in [6.07, 6.45) is 3.53. The Morgan fingerprint density at radius 1 is 1.27 bits per heavy atom. The maximum absolute atomic E-state index is 12.5. The molecule has 33 heavy (non-hydrogen) atoms. The molecule has 0 unspecified atom stereocenters. The predicted octanol–water partition coefficient (Wildman–Crippen LogP) is 4.71. The van der Waals surface area contributed by atoms with Crippen molar-refractivity contribution in [3.05, 3.63) is 29.7 Å². The quantitative estimate of drug-likeness (QED) is 0.559. The van der Waals surface area contributed by atoms with Crippen molar-refractivity contribution >= 4 is 17.8 Å². The van der Waals surface area contributed by atoms with Crippen LogP contribution in [-0.4, -0.2) is 59.5 Å². The molecular formula is C25H37N5O3. The highest BCUT2D eigenvalue weighted by Crippen LogP contribution is 2.31.